The molecule has 5 heterocycles. The number of anilines is 1. The molecule has 1 aliphatic heterocycles. The van der Waals surface area contributed by atoms with Gasteiger partial charge in [-0.3, -0.25) is 4.98 Å². The molecule has 0 bridgehead atoms. The summed E-state index contributed by atoms with van der Waals surface area (Å²) >= 11 is 0. The van der Waals surface area contributed by atoms with Crippen LogP contribution in [-0.2, 0) is 19.3 Å². The second kappa shape index (κ2) is 7.62. The molecule has 0 amide bonds. The molecule has 0 atom stereocenters. The van der Waals surface area contributed by atoms with Gasteiger partial charge in [-0.25, -0.2) is 15.0 Å². The Labute approximate surface area is 170 Å². The smallest absolute Gasteiger partial charge is 0.136 e. The lowest BCUT2D eigenvalue weighted by Gasteiger charge is -2.32. The first-order chi connectivity index (χ1) is 14.3. The lowest BCUT2D eigenvalue weighted by Crippen LogP contribution is -2.38. The molecule has 0 radical (unpaired) electrons. The van der Waals surface area contributed by atoms with Gasteiger partial charge in [-0.15, -0.1) is 0 Å². The Morgan fingerprint density at radius 1 is 0.862 bits per heavy atom. The maximum atomic E-state index is 4.88. The zero-order chi connectivity index (χ0) is 19.6. The summed E-state index contributed by atoms with van der Waals surface area (Å²) in [6, 6.07) is 10.6. The van der Waals surface area contributed by atoms with Gasteiger partial charge in [-0.05, 0) is 48.2 Å². The molecule has 1 saturated heterocycles. The Bertz CT molecular complexity index is 1150. The summed E-state index contributed by atoms with van der Waals surface area (Å²) < 4.78 is 2.02. The van der Waals surface area contributed by atoms with E-state index in [1.165, 1.54) is 17.5 Å². The maximum absolute atomic E-state index is 4.88. The first kappa shape index (κ1) is 17.8. The molecule has 6 nitrogen and oxygen atoms in total. The molecule has 4 aromatic rings. The van der Waals surface area contributed by atoms with Crippen molar-refractivity contribution in [2.24, 2.45) is 0 Å². The Morgan fingerprint density at radius 3 is 2.62 bits per heavy atom. The first-order valence-corrected chi connectivity index (χ1v) is 10.2. The number of nitrogens with zero attached hydrogens (tertiary/aromatic N) is 6. The van der Waals surface area contributed by atoms with Crippen molar-refractivity contribution in [1.29, 1.82) is 0 Å². The van der Waals surface area contributed by atoms with E-state index in [1.807, 2.05) is 23.0 Å². The molecule has 4 aromatic heterocycles. The van der Waals surface area contributed by atoms with Crippen LogP contribution in [0.25, 0.3) is 5.65 Å². The molecule has 1 fully saturated rings. The van der Waals surface area contributed by atoms with Crippen LogP contribution in [0, 0.1) is 0 Å². The van der Waals surface area contributed by atoms with Crippen LogP contribution < -0.4 is 4.90 Å². The molecule has 0 spiro atoms. The fourth-order valence-electron chi connectivity index (χ4n) is 3.69. The second-order valence-electron chi connectivity index (χ2n) is 7.56. The highest BCUT2D eigenvalue weighted by Crippen LogP contribution is 2.21. The van der Waals surface area contributed by atoms with Gasteiger partial charge >= 0.3 is 0 Å². The van der Waals surface area contributed by atoms with E-state index in [0.29, 0.717) is 6.42 Å². The number of pyridine rings is 2. The molecule has 29 heavy (non-hydrogen) atoms. The van der Waals surface area contributed by atoms with E-state index < -0.39 is 0 Å². The summed E-state index contributed by atoms with van der Waals surface area (Å²) in [4.78, 5) is 21.0. The van der Waals surface area contributed by atoms with Crippen molar-refractivity contribution in [3.8, 4) is 0 Å². The van der Waals surface area contributed by atoms with Gasteiger partial charge in [0.2, 0.25) is 0 Å². The Balaban J connectivity index is 1.46. The molecule has 1 aliphatic rings. The third-order valence-corrected chi connectivity index (χ3v) is 5.47. The SMILES string of the molecule is CCc1ccnc(Cc2nc(Cc3ccn4ccnc4c3)cc(N3CCC3)n2)c1. The van der Waals surface area contributed by atoms with Gasteiger partial charge in [0.25, 0.3) is 0 Å². The predicted octanol–water partition coefficient (Wildman–Crippen LogP) is 3.47. The van der Waals surface area contributed by atoms with E-state index in [4.69, 9.17) is 9.97 Å². The number of rotatable bonds is 6. The summed E-state index contributed by atoms with van der Waals surface area (Å²) in [5.74, 6) is 1.87. The van der Waals surface area contributed by atoms with Gasteiger partial charge in [0.15, 0.2) is 0 Å². The van der Waals surface area contributed by atoms with Crippen LogP contribution in [0.3, 0.4) is 0 Å². The molecular formula is C23H24N6. The summed E-state index contributed by atoms with van der Waals surface area (Å²) in [6.07, 6.45) is 11.4. The van der Waals surface area contributed by atoms with Crippen LogP contribution >= 0.6 is 0 Å². The van der Waals surface area contributed by atoms with Crippen LogP contribution in [0.2, 0.25) is 0 Å². The molecule has 0 N–H and O–H groups in total. The molecule has 5 rings (SSSR count). The lowest BCUT2D eigenvalue weighted by molar-refractivity contribution is 0.606. The predicted molar refractivity (Wildman–Crippen MR) is 113 cm³/mol. The third-order valence-electron chi connectivity index (χ3n) is 5.47. The quantitative estimate of drug-likeness (QED) is 0.509. The summed E-state index contributed by atoms with van der Waals surface area (Å²) in [5.41, 5.74) is 5.52. The second-order valence-corrected chi connectivity index (χ2v) is 7.56. The number of aryl methyl sites for hydroxylation is 1. The average molecular weight is 384 g/mol. The van der Waals surface area contributed by atoms with Gasteiger partial charge in [-0.2, -0.15) is 0 Å². The van der Waals surface area contributed by atoms with Crippen LogP contribution in [0.1, 0.15) is 41.7 Å². The largest absolute Gasteiger partial charge is 0.356 e. The highest BCUT2D eigenvalue weighted by Gasteiger charge is 2.18. The van der Waals surface area contributed by atoms with Crippen LogP contribution in [0.4, 0.5) is 5.82 Å². The van der Waals surface area contributed by atoms with Crippen molar-refractivity contribution in [2.45, 2.75) is 32.6 Å². The molecule has 0 aliphatic carbocycles. The highest BCUT2D eigenvalue weighted by atomic mass is 15.2. The minimum Gasteiger partial charge on any atom is -0.356 e. The number of fused-ring (bicyclic) bond motifs is 1. The summed E-state index contributed by atoms with van der Waals surface area (Å²) in [7, 11) is 0. The molecule has 0 saturated carbocycles. The van der Waals surface area contributed by atoms with E-state index in [9.17, 15) is 0 Å². The van der Waals surface area contributed by atoms with E-state index in [2.05, 4.69) is 58.3 Å². The van der Waals surface area contributed by atoms with Crippen molar-refractivity contribution in [3.05, 3.63) is 83.5 Å². The molecule has 0 aromatic carbocycles. The lowest BCUT2D eigenvalue weighted by atomic mass is 10.1. The zero-order valence-electron chi connectivity index (χ0n) is 16.6. The first-order valence-electron chi connectivity index (χ1n) is 10.2. The Morgan fingerprint density at radius 2 is 1.79 bits per heavy atom. The van der Waals surface area contributed by atoms with Crippen LogP contribution in [0.5, 0.6) is 0 Å². The monoisotopic (exact) mass is 384 g/mol. The van der Waals surface area contributed by atoms with Gasteiger partial charge < -0.3 is 9.30 Å². The minimum absolute atomic E-state index is 0.655. The fourth-order valence-corrected chi connectivity index (χ4v) is 3.69. The molecule has 0 unspecified atom stereocenters. The standard InChI is InChI=1S/C23H24N6/c1-2-17-4-6-24-19(12-17)15-21-26-20(16-23(27-21)28-8-3-9-28)13-18-5-10-29-11-7-25-22(29)14-18/h4-7,10-12,14,16H,2-3,8-9,13,15H2,1H3. The topological polar surface area (TPSA) is 59.2 Å². The molecule has 6 heteroatoms. The molecule has 146 valence electrons. The number of aromatic nitrogens is 5. The number of hydrogen-bond donors (Lipinski definition) is 0. The van der Waals surface area contributed by atoms with Gasteiger partial charge in [0.1, 0.15) is 17.3 Å². The van der Waals surface area contributed by atoms with Crippen molar-refractivity contribution < 1.29 is 0 Å². The summed E-state index contributed by atoms with van der Waals surface area (Å²) in [5, 5.41) is 0. The van der Waals surface area contributed by atoms with E-state index in [-0.39, 0.29) is 0 Å². The Hall–Kier alpha value is -3.28. The van der Waals surface area contributed by atoms with Crippen molar-refractivity contribution in [2.75, 3.05) is 18.0 Å². The van der Waals surface area contributed by atoms with Gasteiger partial charge in [0, 0.05) is 56.1 Å². The summed E-state index contributed by atoms with van der Waals surface area (Å²) in [6.45, 7) is 4.30. The van der Waals surface area contributed by atoms with E-state index >= 15 is 0 Å². The minimum atomic E-state index is 0.655. The number of imidazole rings is 1. The zero-order valence-corrected chi connectivity index (χ0v) is 16.6. The third kappa shape index (κ3) is 3.83. The maximum Gasteiger partial charge on any atom is 0.136 e. The van der Waals surface area contributed by atoms with Crippen LogP contribution in [0.15, 0.2) is 55.1 Å². The van der Waals surface area contributed by atoms with Crippen LogP contribution in [-0.4, -0.2) is 37.4 Å². The van der Waals surface area contributed by atoms with E-state index in [0.717, 1.165) is 54.6 Å². The fraction of sp³-hybridized carbons (Fsp3) is 0.304. The number of hydrogen-bond acceptors (Lipinski definition) is 5. The van der Waals surface area contributed by atoms with Gasteiger partial charge in [0.05, 0.1) is 12.1 Å². The van der Waals surface area contributed by atoms with Crippen molar-refractivity contribution in [1.82, 2.24) is 24.3 Å². The van der Waals surface area contributed by atoms with Gasteiger partial charge in [-0.1, -0.05) is 6.92 Å². The molecular weight excluding hydrogens is 360 g/mol. The highest BCUT2D eigenvalue weighted by molar-refractivity contribution is 5.45. The average Bonchev–Trinajstić information content (AvgIpc) is 3.14. The van der Waals surface area contributed by atoms with Crippen molar-refractivity contribution in [3.63, 3.8) is 0 Å². The van der Waals surface area contributed by atoms with E-state index in [1.54, 1.807) is 0 Å². The van der Waals surface area contributed by atoms with Crippen molar-refractivity contribution >= 4 is 11.5 Å². The Kier molecular flexibility index (Phi) is 4.68. The normalized spacial score (nSPS) is 13.6.